The van der Waals surface area contributed by atoms with Crippen LogP contribution in [0.25, 0.3) is 0 Å². The van der Waals surface area contributed by atoms with Crippen LogP contribution in [0.4, 0.5) is 0 Å². The normalized spacial score (nSPS) is 12.3. The molecule has 0 spiro atoms. The third-order valence-electron chi connectivity index (χ3n) is 4.24. The van der Waals surface area contributed by atoms with E-state index in [0.717, 1.165) is 5.56 Å². The summed E-state index contributed by atoms with van der Waals surface area (Å²) in [5.41, 5.74) is 5.92. The average molecular weight is 401 g/mol. The van der Waals surface area contributed by atoms with Gasteiger partial charge in [-0.2, -0.15) is 0 Å². The SMILES string of the molecule is NCc1ccc(/C(=N\O)C(=O)NC(Cc2cccc(C(=O)O)c2O)B(O)O)cc1. The Morgan fingerprint density at radius 2 is 1.79 bits per heavy atom. The number of carboxylic acid groups (broad SMARTS) is 1. The monoisotopic (exact) mass is 401 g/mol. The van der Waals surface area contributed by atoms with Crippen LogP contribution in [0.3, 0.4) is 0 Å². The lowest BCUT2D eigenvalue weighted by molar-refractivity contribution is -0.115. The molecular formula is C18H20BN3O7. The first-order valence-corrected chi connectivity index (χ1v) is 8.51. The summed E-state index contributed by atoms with van der Waals surface area (Å²) in [5, 5.41) is 52.9. The number of nitrogens with two attached hydrogens (primary N) is 1. The van der Waals surface area contributed by atoms with Crippen molar-refractivity contribution in [3.05, 3.63) is 64.7 Å². The zero-order valence-electron chi connectivity index (χ0n) is 15.2. The molecule has 0 aromatic heterocycles. The second kappa shape index (κ2) is 9.69. The first kappa shape index (κ1) is 21.9. The molecule has 152 valence electrons. The number of hydrogen-bond donors (Lipinski definition) is 7. The molecule has 0 fully saturated rings. The smallest absolute Gasteiger partial charge is 0.475 e. The van der Waals surface area contributed by atoms with E-state index in [2.05, 4.69) is 10.5 Å². The Hall–Kier alpha value is -3.41. The van der Waals surface area contributed by atoms with Crippen molar-refractivity contribution in [1.82, 2.24) is 5.32 Å². The van der Waals surface area contributed by atoms with Crippen LogP contribution in [-0.2, 0) is 17.8 Å². The number of para-hydroxylation sites is 1. The highest BCUT2D eigenvalue weighted by Crippen LogP contribution is 2.24. The van der Waals surface area contributed by atoms with Crippen LogP contribution >= 0.6 is 0 Å². The number of aromatic carboxylic acids is 1. The van der Waals surface area contributed by atoms with Crippen molar-refractivity contribution >= 4 is 24.7 Å². The van der Waals surface area contributed by atoms with Crippen LogP contribution in [0, 0.1) is 0 Å². The summed E-state index contributed by atoms with van der Waals surface area (Å²) in [4.78, 5) is 23.6. The van der Waals surface area contributed by atoms with Crippen molar-refractivity contribution < 1.29 is 35.1 Å². The Balaban J connectivity index is 2.22. The fourth-order valence-electron chi connectivity index (χ4n) is 2.67. The topological polar surface area (TPSA) is 186 Å². The minimum Gasteiger partial charge on any atom is -0.507 e. The van der Waals surface area contributed by atoms with Gasteiger partial charge in [0.15, 0.2) is 5.71 Å². The molecule has 0 saturated heterocycles. The molecule has 1 unspecified atom stereocenters. The number of benzene rings is 2. The van der Waals surface area contributed by atoms with E-state index >= 15 is 0 Å². The Bertz CT molecular complexity index is 916. The predicted octanol–water partition coefficient (Wildman–Crippen LogP) is -0.533. The highest BCUT2D eigenvalue weighted by molar-refractivity contribution is 6.48. The largest absolute Gasteiger partial charge is 0.507 e. The number of carbonyl (C=O) groups is 2. The lowest BCUT2D eigenvalue weighted by atomic mass is 9.75. The van der Waals surface area contributed by atoms with Crippen LogP contribution in [-0.4, -0.2) is 56.1 Å². The van der Waals surface area contributed by atoms with Crippen LogP contribution < -0.4 is 11.1 Å². The third-order valence-corrected chi connectivity index (χ3v) is 4.24. The van der Waals surface area contributed by atoms with Gasteiger partial charge in [-0.1, -0.05) is 41.6 Å². The summed E-state index contributed by atoms with van der Waals surface area (Å²) in [5.74, 6) is -4.13. The van der Waals surface area contributed by atoms with Gasteiger partial charge in [-0.3, -0.25) is 4.79 Å². The molecule has 1 amide bonds. The summed E-state index contributed by atoms with van der Waals surface area (Å²) in [6.07, 6.45) is -0.290. The van der Waals surface area contributed by atoms with Gasteiger partial charge in [0.1, 0.15) is 11.3 Å². The van der Waals surface area contributed by atoms with Crippen LogP contribution in [0.15, 0.2) is 47.6 Å². The number of nitrogens with zero attached hydrogens (tertiary/aromatic N) is 1. The van der Waals surface area contributed by atoms with Gasteiger partial charge >= 0.3 is 13.1 Å². The van der Waals surface area contributed by atoms with Crippen LogP contribution in [0.2, 0.25) is 0 Å². The second-order valence-corrected chi connectivity index (χ2v) is 6.17. The van der Waals surface area contributed by atoms with Crippen LogP contribution in [0.1, 0.15) is 27.0 Å². The lowest BCUT2D eigenvalue weighted by Gasteiger charge is -2.19. The molecule has 11 heteroatoms. The Labute approximate surface area is 166 Å². The summed E-state index contributed by atoms with van der Waals surface area (Å²) in [6.45, 7) is 0.287. The highest BCUT2D eigenvalue weighted by atomic mass is 16.4. The zero-order valence-corrected chi connectivity index (χ0v) is 15.2. The Kier molecular flexibility index (Phi) is 7.31. The highest BCUT2D eigenvalue weighted by Gasteiger charge is 2.29. The van der Waals surface area contributed by atoms with E-state index in [0.29, 0.717) is 0 Å². The van der Waals surface area contributed by atoms with E-state index in [9.17, 15) is 30.0 Å². The molecule has 0 heterocycles. The minimum atomic E-state index is -2.04. The lowest BCUT2D eigenvalue weighted by Crippen LogP contribution is -2.50. The van der Waals surface area contributed by atoms with Gasteiger partial charge in [-0.25, -0.2) is 4.79 Å². The number of oxime groups is 1. The number of aromatic hydroxyl groups is 1. The van der Waals surface area contributed by atoms with E-state index in [-0.39, 0.29) is 35.4 Å². The maximum absolute atomic E-state index is 12.5. The first-order chi connectivity index (χ1) is 13.8. The van der Waals surface area contributed by atoms with E-state index in [4.69, 9.17) is 10.8 Å². The third kappa shape index (κ3) is 5.32. The molecular weight excluding hydrogens is 381 g/mol. The Morgan fingerprint density at radius 3 is 2.31 bits per heavy atom. The maximum atomic E-state index is 12.5. The fourth-order valence-corrected chi connectivity index (χ4v) is 2.67. The predicted molar refractivity (Wildman–Crippen MR) is 104 cm³/mol. The van der Waals surface area contributed by atoms with Crippen molar-refractivity contribution in [2.75, 3.05) is 0 Å². The van der Waals surface area contributed by atoms with Crippen molar-refractivity contribution in [3.63, 3.8) is 0 Å². The molecule has 0 bridgehead atoms. The number of carboxylic acids is 1. The molecule has 1 atom stereocenters. The second-order valence-electron chi connectivity index (χ2n) is 6.17. The number of carbonyl (C=O) groups excluding carboxylic acids is 1. The maximum Gasteiger partial charge on any atom is 0.475 e. The van der Waals surface area contributed by atoms with Gasteiger partial charge in [0.25, 0.3) is 5.91 Å². The standard InChI is InChI=1S/C18H20BN3O7/c20-9-10-4-6-11(7-5-10)15(22-29)17(24)21-14(19(27)28)8-12-2-1-3-13(16(12)23)18(25)26/h1-7,14,23,27-29H,8-9,20H2,(H,21,24)(H,25,26)/b22-15+. The summed E-state index contributed by atoms with van der Waals surface area (Å²) < 4.78 is 0. The molecule has 2 rings (SSSR count). The number of phenols is 1. The molecule has 8 N–H and O–H groups in total. The van der Waals surface area contributed by atoms with Crippen molar-refractivity contribution in [1.29, 1.82) is 0 Å². The molecule has 2 aromatic rings. The van der Waals surface area contributed by atoms with Gasteiger partial charge in [0.05, 0.1) is 5.94 Å². The summed E-state index contributed by atoms with van der Waals surface area (Å²) in [7, 11) is -2.04. The van der Waals surface area contributed by atoms with Gasteiger partial charge in [0, 0.05) is 12.1 Å². The van der Waals surface area contributed by atoms with Crippen molar-refractivity contribution in [3.8, 4) is 5.75 Å². The molecule has 0 saturated carbocycles. The average Bonchev–Trinajstić information content (AvgIpc) is 2.69. The molecule has 29 heavy (non-hydrogen) atoms. The van der Waals surface area contributed by atoms with E-state index in [1.165, 1.54) is 30.3 Å². The molecule has 10 nitrogen and oxygen atoms in total. The Morgan fingerprint density at radius 1 is 1.14 bits per heavy atom. The number of hydrogen-bond acceptors (Lipinski definition) is 8. The van der Waals surface area contributed by atoms with E-state index < -0.39 is 30.7 Å². The first-order valence-electron chi connectivity index (χ1n) is 8.51. The summed E-state index contributed by atoms with van der Waals surface area (Å²) >= 11 is 0. The van der Waals surface area contributed by atoms with Gasteiger partial charge in [-0.15, -0.1) is 0 Å². The molecule has 0 radical (unpaired) electrons. The number of rotatable bonds is 8. The minimum absolute atomic E-state index is 0.0816. The fraction of sp³-hybridized carbons (Fsp3) is 0.167. The molecule has 0 aliphatic carbocycles. The zero-order chi connectivity index (χ0) is 21.6. The van der Waals surface area contributed by atoms with Crippen molar-refractivity contribution in [2.45, 2.75) is 18.9 Å². The van der Waals surface area contributed by atoms with Crippen LogP contribution in [0.5, 0.6) is 5.75 Å². The van der Waals surface area contributed by atoms with Gasteiger partial charge in [-0.05, 0) is 23.6 Å². The van der Waals surface area contributed by atoms with E-state index in [1.807, 2.05) is 0 Å². The van der Waals surface area contributed by atoms with Gasteiger partial charge in [0.2, 0.25) is 0 Å². The summed E-state index contributed by atoms with van der Waals surface area (Å²) in [6, 6.07) is 10.3. The van der Waals surface area contributed by atoms with Gasteiger partial charge < -0.3 is 36.5 Å². The molecule has 0 aliphatic rings. The quantitative estimate of drug-likeness (QED) is 0.133. The number of nitrogens with one attached hydrogen (secondary N) is 1. The van der Waals surface area contributed by atoms with E-state index in [1.54, 1.807) is 12.1 Å². The molecule has 2 aromatic carbocycles. The molecule has 0 aliphatic heterocycles. The number of amides is 1. The van der Waals surface area contributed by atoms with Crippen molar-refractivity contribution in [2.24, 2.45) is 10.9 Å².